The van der Waals surface area contributed by atoms with Crippen molar-refractivity contribution in [3.05, 3.63) is 63.6 Å². The summed E-state index contributed by atoms with van der Waals surface area (Å²) in [5, 5.41) is 5.91. The number of hydrogen-bond acceptors (Lipinski definition) is 3. The first-order chi connectivity index (χ1) is 13.0. The van der Waals surface area contributed by atoms with Crippen LogP contribution < -0.4 is 20.3 Å². The summed E-state index contributed by atoms with van der Waals surface area (Å²) in [5.41, 5.74) is 4.28. The van der Waals surface area contributed by atoms with Crippen LogP contribution in [0.15, 0.2) is 52.5 Å². The molecule has 0 bridgehead atoms. The molecule has 0 saturated heterocycles. The van der Waals surface area contributed by atoms with Crippen LogP contribution in [-0.2, 0) is 4.79 Å². The summed E-state index contributed by atoms with van der Waals surface area (Å²) in [7, 11) is 1.61. The fraction of sp³-hybridized carbons (Fsp3) is 0.200. The molecule has 3 amide bonds. The van der Waals surface area contributed by atoms with Gasteiger partial charge >= 0.3 is 6.03 Å². The molecule has 0 aliphatic carbocycles. The lowest BCUT2D eigenvalue weighted by molar-refractivity contribution is -0.116. The van der Waals surface area contributed by atoms with E-state index in [1.165, 1.54) is 0 Å². The molecule has 0 fully saturated rings. The Bertz CT molecular complexity index is 986. The smallest absolute Gasteiger partial charge is 0.320 e. The molecule has 0 aromatic heterocycles. The Morgan fingerprint density at radius 3 is 2.74 bits per heavy atom. The topological polar surface area (TPSA) is 70.7 Å². The van der Waals surface area contributed by atoms with E-state index in [0.29, 0.717) is 12.3 Å². The van der Waals surface area contributed by atoms with Gasteiger partial charge in [-0.3, -0.25) is 4.79 Å². The molecular weight excluding hydrogens is 410 g/mol. The van der Waals surface area contributed by atoms with Gasteiger partial charge in [-0.25, -0.2) is 4.79 Å². The first-order valence-corrected chi connectivity index (χ1v) is 9.30. The number of carbonyl (C=O) groups is 2. The maximum absolute atomic E-state index is 12.4. The van der Waals surface area contributed by atoms with E-state index >= 15 is 0 Å². The minimum Gasteiger partial charge on any atom is -0.496 e. The van der Waals surface area contributed by atoms with Gasteiger partial charge in [0.25, 0.3) is 0 Å². The molecule has 1 unspecified atom stereocenters. The molecule has 2 aromatic rings. The Labute approximate surface area is 165 Å². The number of fused-ring (bicyclic) bond motifs is 2. The predicted octanol–water partition coefficient (Wildman–Crippen LogP) is 3.59. The Morgan fingerprint density at radius 1 is 1.26 bits per heavy atom. The quantitative estimate of drug-likeness (QED) is 0.768. The van der Waals surface area contributed by atoms with Gasteiger partial charge in [0, 0.05) is 18.1 Å². The highest BCUT2D eigenvalue weighted by Crippen LogP contribution is 2.41. The second kappa shape index (κ2) is 6.74. The van der Waals surface area contributed by atoms with Gasteiger partial charge in [-0.1, -0.05) is 24.3 Å². The minimum atomic E-state index is -0.342. The predicted molar refractivity (Wildman–Crippen MR) is 106 cm³/mol. The zero-order valence-electron chi connectivity index (χ0n) is 14.9. The highest BCUT2D eigenvalue weighted by molar-refractivity contribution is 9.10. The van der Waals surface area contributed by atoms with Crippen LogP contribution in [0.1, 0.15) is 24.1 Å². The van der Waals surface area contributed by atoms with E-state index in [1.807, 2.05) is 42.5 Å². The molecular formula is C20H18BrN3O3. The van der Waals surface area contributed by atoms with E-state index in [2.05, 4.69) is 26.6 Å². The molecule has 6 nitrogen and oxygen atoms in total. The molecule has 1 atom stereocenters. The number of urea groups is 1. The van der Waals surface area contributed by atoms with Crippen LogP contribution in [0.3, 0.4) is 0 Å². The lowest BCUT2D eigenvalue weighted by Crippen LogP contribution is -2.48. The van der Waals surface area contributed by atoms with E-state index in [4.69, 9.17) is 4.74 Å². The van der Waals surface area contributed by atoms with E-state index < -0.39 is 0 Å². The van der Waals surface area contributed by atoms with Crippen molar-refractivity contribution < 1.29 is 14.3 Å². The van der Waals surface area contributed by atoms with Gasteiger partial charge in [0.2, 0.25) is 5.91 Å². The van der Waals surface area contributed by atoms with Crippen LogP contribution in [0.25, 0.3) is 5.70 Å². The number of para-hydroxylation sites is 1. The van der Waals surface area contributed by atoms with Crippen LogP contribution in [0.4, 0.5) is 10.5 Å². The number of rotatable bonds is 2. The van der Waals surface area contributed by atoms with Crippen molar-refractivity contribution >= 4 is 39.3 Å². The number of amides is 3. The van der Waals surface area contributed by atoms with E-state index in [-0.39, 0.29) is 18.0 Å². The average molecular weight is 428 g/mol. The van der Waals surface area contributed by atoms with Crippen molar-refractivity contribution in [3.8, 4) is 5.75 Å². The van der Waals surface area contributed by atoms with Crippen LogP contribution in [-0.4, -0.2) is 25.6 Å². The summed E-state index contributed by atoms with van der Waals surface area (Å²) in [4.78, 5) is 26.3. The number of nitrogens with zero attached hydrogens (tertiary/aromatic N) is 1. The normalized spacial score (nSPS) is 18.3. The molecule has 0 spiro atoms. The van der Waals surface area contributed by atoms with Crippen LogP contribution in [0, 0.1) is 0 Å². The highest BCUT2D eigenvalue weighted by Gasteiger charge is 2.35. The monoisotopic (exact) mass is 427 g/mol. The molecule has 4 rings (SSSR count). The van der Waals surface area contributed by atoms with Crippen molar-refractivity contribution in [3.63, 3.8) is 0 Å². The molecule has 27 heavy (non-hydrogen) atoms. The molecule has 2 heterocycles. The zero-order valence-corrected chi connectivity index (χ0v) is 16.5. The molecule has 2 aliphatic heterocycles. The number of methoxy groups -OCH3 is 1. The summed E-state index contributed by atoms with van der Waals surface area (Å²) in [6, 6.07) is 12.7. The number of hydrogen-bond donors (Lipinski definition) is 2. The summed E-state index contributed by atoms with van der Waals surface area (Å²) in [6.45, 7) is 1.96. The molecule has 2 N–H and O–H groups in total. The van der Waals surface area contributed by atoms with Gasteiger partial charge in [-0.2, -0.15) is 0 Å². The second-order valence-corrected chi connectivity index (χ2v) is 7.30. The van der Waals surface area contributed by atoms with Crippen LogP contribution in [0.2, 0.25) is 0 Å². The zero-order chi connectivity index (χ0) is 19.1. The van der Waals surface area contributed by atoms with Gasteiger partial charge in [-0.15, -0.1) is 0 Å². The summed E-state index contributed by atoms with van der Waals surface area (Å²) in [5.74, 6) is 0.674. The Morgan fingerprint density at radius 2 is 2.04 bits per heavy atom. The molecule has 138 valence electrons. The first kappa shape index (κ1) is 17.6. The first-order valence-electron chi connectivity index (χ1n) is 8.51. The third-order valence-electron chi connectivity index (χ3n) is 4.87. The number of halogens is 1. The van der Waals surface area contributed by atoms with Crippen molar-refractivity contribution in [1.82, 2.24) is 10.6 Å². The minimum absolute atomic E-state index is 0.0411. The van der Waals surface area contributed by atoms with Gasteiger partial charge in [-0.05, 0) is 39.7 Å². The summed E-state index contributed by atoms with van der Waals surface area (Å²) in [6.07, 6.45) is 0. The highest BCUT2D eigenvalue weighted by atomic mass is 79.9. The van der Waals surface area contributed by atoms with E-state index in [9.17, 15) is 9.59 Å². The fourth-order valence-corrected chi connectivity index (χ4v) is 4.17. The third kappa shape index (κ3) is 2.98. The van der Waals surface area contributed by atoms with Gasteiger partial charge in [0.15, 0.2) is 0 Å². The third-order valence-corrected chi connectivity index (χ3v) is 5.49. The number of benzene rings is 2. The second-order valence-electron chi connectivity index (χ2n) is 6.45. The van der Waals surface area contributed by atoms with E-state index in [0.717, 1.165) is 32.6 Å². The van der Waals surface area contributed by atoms with Crippen LogP contribution >= 0.6 is 15.9 Å². The van der Waals surface area contributed by atoms with Crippen LogP contribution in [0.5, 0.6) is 5.75 Å². The van der Waals surface area contributed by atoms with E-state index in [1.54, 1.807) is 18.9 Å². The largest absolute Gasteiger partial charge is 0.496 e. The lowest BCUT2D eigenvalue weighted by atomic mass is 9.89. The number of ether oxygens (including phenoxy) is 1. The summed E-state index contributed by atoms with van der Waals surface area (Å²) >= 11 is 3.50. The average Bonchev–Trinajstić information content (AvgIpc) is 2.66. The number of carbonyl (C=O) groups excluding carboxylic acids is 2. The molecule has 2 aliphatic rings. The van der Waals surface area contributed by atoms with Crippen molar-refractivity contribution in [2.45, 2.75) is 13.0 Å². The maximum atomic E-state index is 12.4. The lowest BCUT2D eigenvalue weighted by Gasteiger charge is -2.38. The van der Waals surface area contributed by atoms with Crippen molar-refractivity contribution in [1.29, 1.82) is 0 Å². The number of nitrogens with one attached hydrogen (secondary N) is 2. The Hall–Kier alpha value is -2.80. The van der Waals surface area contributed by atoms with Crippen molar-refractivity contribution in [2.24, 2.45) is 0 Å². The molecule has 0 saturated carbocycles. The standard InChI is InChI=1S/C20H18BrN3O3/c1-11(25)24-10-14-18(12-7-8-17(27-2)15(21)9-12)22-20(26)23-19(14)13-5-3-4-6-16(13)24/h3-9,18H,10H2,1-2H3,(H2,22,23,26). The molecule has 2 aromatic carbocycles. The molecule has 0 radical (unpaired) electrons. The summed E-state index contributed by atoms with van der Waals surface area (Å²) < 4.78 is 6.10. The van der Waals surface area contributed by atoms with Gasteiger partial charge in [0.05, 0.1) is 35.6 Å². The maximum Gasteiger partial charge on any atom is 0.320 e. The Kier molecular flexibility index (Phi) is 4.39. The number of anilines is 1. The SMILES string of the molecule is COc1ccc(C2NC(=O)NC3=C2CN(C(C)=O)c2ccccc23)cc1Br. The molecule has 7 heteroatoms. The van der Waals surface area contributed by atoms with Crippen molar-refractivity contribution in [2.75, 3.05) is 18.6 Å². The Balaban J connectivity index is 1.87. The van der Waals surface area contributed by atoms with Gasteiger partial charge < -0.3 is 20.3 Å². The van der Waals surface area contributed by atoms with Gasteiger partial charge in [0.1, 0.15) is 5.75 Å². The fourth-order valence-electron chi connectivity index (χ4n) is 3.61.